The lowest BCUT2D eigenvalue weighted by Crippen LogP contribution is -2.57. The summed E-state index contributed by atoms with van der Waals surface area (Å²) >= 11 is 1.92. The van der Waals surface area contributed by atoms with E-state index >= 15 is 0 Å². The predicted octanol–water partition coefficient (Wildman–Crippen LogP) is 5.92. The molecule has 0 aromatic heterocycles. The molecule has 2 aromatic rings. The Morgan fingerprint density at radius 1 is 1.03 bits per heavy atom. The van der Waals surface area contributed by atoms with E-state index in [1.54, 1.807) is 0 Å². The summed E-state index contributed by atoms with van der Waals surface area (Å²) in [5.41, 5.74) is 8.79. The van der Waals surface area contributed by atoms with E-state index in [1.807, 2.05) is 11.9 Å². The Morgan fingerprint density at radius 2 is 1.71 bits per heavy atom. The fourth-order valence-electron chi connectivity index (χ4n) is 7.79. The largest absolute Gasteiger partial charge is 0.326 e. The Labute approximate surface area is 191 Å². The molecule has 0 spiro atoms. The normalized spacial score (nSPS) is 31.8. The van der Waals surface area contributed by atoms with Gasteiger partial charge in [0.2, 0.25) is 0 Å². The van der Waals surface area contributed by atoms with E-state index in [0.29, 0.717) is 11.5 Å². The number of benzene rings is 2. The van der Waals surface area contributed by atoms with E-state index in [-0.39, 0.29) is 0 Å². The highest BCUT2D eigenvalue weighted by Gasteiger charge is 2.53. The summed E-state index contributed by atoms with van der Waals surface area (Å²) < 4.78 is 2.50. The quantitative estimate of drug-likeness (QED) is 0.412. The number of nitrogens with zero attached hydrogens (tertiary/aromatic N) is 2. The molecule has 0 radical (unpaired) electrons. The van der Waals surface area contributed by atoms with E-state index in [2.05, 4.69) is 52.7 Å². The summed E-state index contributed by atoms with van der Waals surface area (Å²) in [6.45, 7) is 3.36. The number of hydrogen-bond acceptors (Lipinski definition) is 4. The standard InChI is InChI=1S/C27H37N3S/c1-29(18-25(28)27-15-19-12-20(16-27)14-21(13-19)17-27)10-2-3-11-30-23-8-4-6-22-7-5-9-24(31-30)26(22)23/h4-9,19-21,25H,2-3,10-18,28H2,1H3. The van der Waals surface area contributed by atoms with Crippen LogP contribution in [0.4, 0.5) is 5.69 Å². The van der Waals surface area contributed by atoms with Crippen molar-refractivity contribution >= 4 is 28.4 Å². The third-order valence-electron chi connectivity index (χ3n) is 8.85. The van der Waals surface area contributed by atoms with E-state index in [1.165, 1.54) is 72.7 Å². The van der Waals surface area contributed by atoms with Crippen LogP contribution in [0.5, 0.6) is 0 Å². The lowest BCUT2D eigenvalue weighted by Gasteiger charge is -2.59. The molecule has 5 aliphatic rings. The first-order valence-electron chi connectivity index (χ1n) is 12.5. The summed E-state index contributed by atoms with van der Waals surface area (Å²) in [5.74, 6) is 2.98. The van der Waals surface area contributed by atoms with Gasteiger partial charge < -0.3 is 14.9 Å². The van der Waals surface area contributed by atoms with E-state index in [9.17, 15) is 0 Å². The highest BCUT2D eigenvalue weighted by atomic mass is 32.2. The fourth-order valence-corrected chi connectivity index (χ4v) is 8.96. The lowest BCUT2D eigenvalue weighted by molar-refractivity contribution is -0.0706. The van der Waals surface area contributed by atoms with Crippen molar-refractivity contribution in [1.82, 2.24) is 4.90 Å². The van der Waals surface area contributed by atoms with Gasteiger partial charge >= 0.3 is 0 Å². The van der Waals surface area contributed by atoms with Gasteiger partial charge in [-0.1, -0.05) is 24.3 Å². The van der Waals surface area contributed by atoms with Crippen LogP contribution in [0, 0.1) is 23.2 Å². The molecule has 4 fully saturated rings. The molecular weight excluding hydrogens is 398 g/mol. The van der Waals surface area contributed by atoms with E-state index in [0.717, 1.165) is 37.4 Å². The van der Waals surface area contributed by atoms with Gasteiger partial charge in [0.15, 0.2) is 0 Å². The monoisotopic (exact) mass is 435 g/mol. The first-order valence-corrected chi connectivity index (χ1v) is 13.3. The van der Waals surface area contributed by atoms with Crippen molar-refractivity contribution in [2.24, 2.45) is 28.9 Å². The van der Waals surface area contributed by atoms with Crippen molar-refractivity contribution in [1.29, 1.82) is 0 Å². The molecular formula is C27H37N3S. The van der Waals surface area contributed by atoms with Crippen LogP contribution in [-0.2, 0) is 0 Å². The second kappa shape index (κ2) is 7.97. The molecule has 0 amide bonds. The number of rotatable bonds is 8. The van der Waals surface area contributed by atoms with Gasteiger partial charge in [0.25, 0.3) is 0 Å². The molecule has 2 N–H and O–H groups in total. The number of anilines is 1. The molecule has 2 aromatic carbocycles. The molecule has 166 valence electrons. The number of unbranched alkanes of at least 4 members (excludes halogenated alkanes) is 1. The number of hydrogen-bond donors (Lipinski definition) is 1. The molecule has 1 aliphatic heterocycles. The third-order valence-corrected chi connectivity index (χ3v) is 9.99. The Kier molecular flexibility index (Phi) is 5.24. The van der Waals surface area contributed by atoms with Gasteiger partial charge in [0.05, 0.1) is 5.69 Å². The Morgan fingerprint density at radius 3 is 2.42 bits per heavy atom. The second-order valence-corrected chi connectivity index (χ2v) is 12.2. The summed E-state index contributed by atoms with van der Waals surface area (Å²) in [5, 5.41) is 2.80. The van der Waals surface area contributed by atoms with Crippen molar-refractivity contribution in [2.75, 3.05) is 31.0 Å². The van der Waals surface area contributed by atoms with Crippen molar-refractivity contribution in [2.45, 2.75) is 62.3 Å². The zero-order valence-electron chi connectivity index (χ0n) is 18.9. The molecule has 7 rings (SSSR count). The smallest absolute Gasteiger partial charge is 0.0563 e. The first-order chi connectivity index (χ1) is 15.1. The molecule has 1 heterocycles. The van der Waals surface area contributed by atoms with Gasteiger partial charge in [0.1, 0.15) is 0 Å². The Bertz CT molecular complexity index is 916. The Hall–Kier alpha value is -1.23. The molecule has 4 saturated carbocycles. The zero-order chi connectivity index (χ0) is 21.0. The van der Waals surface area contributed by atoms with Gasteiger partial charge in [0, 0.05) is 29.4 Å². The molecule has 1 unspecified atom stereocenters. The fraction of sp³-hybridized carbons (Fsp3) is 0.630. The maximum atomic E-state index is 6.92. The summed E-state index contributed by atoms with van der Waals surface area (Å²) in [4.78, 5) is 3.93. The minimum absolute atomic E-state index is 0.368. The summed E-state index contributed by atoms with van der Waals surface area (Å²) in [6, 6.07) is 13.7. The minimum atomic E-state index is 0.368. The van der Waals surface area contributed by atoms with Crippen LogP contribution in [0.25, 0.3) is 10.8 Å². The predicted molar refractivity (Wildman–Crippen MR) is 132 cm³/mol. The van der Waals surface area contributed by atoms with Gasteiger partial charge in [-0.15, -0.1) is 0 Å². The average Bonchev–Trinajstić information content (AvgIpc) is 3.10. The Balaban J connectivity index is 0.993. The van der Waals surface area contributed by atoms with Crippen LogP contribution in [0.1, 0.15) is 51.4 Å². The van der Waals surface area contributed by atoms with Gasteiger partial charge in [-0.2, -0.15) is 0 Å². The van der Waals surface area contributed by atoms with Crippen LogP contribution < -0.4 is 10.0 Å². The summed E-state index contributed by atoms with van der Waals surface area (Å²) in [7, 11) is 2.29. The topological polar surface area (TPSA) is 32.5 Å². The summed E-state index contributed by atoms with van der Waals surface area (Å²) in [6.07, 6.45) is 11.3. The maximum absolute atomic E-state index is 6.92. The van der Waals surface area contributed by atoms with Gasteiger partial charge in [-0.3, -0.25) is 0 Å². The average molecular weight is 436 g/mol. The number of nitrogens with two attached hydrogens (primary N) is 1. The van der Waals surface area contributed by atoms with Crippen LogP contribution in [-0.4, -0.2) is 37.6 Å². The minimum Gasteiger partial charge on any atom is -0.326 e. The molecule has 3 nitrogen and oxygen atoms in total. The highest BCUT2D eigenvalue weighted by molar-refractivity contribution is 8.01. The van der Waals surface area contributed by atoms with Crippen molar-refractivity contribution in [3.63, 3.8) is 0 Å². The molecule has 4 bridgehead atoms. The first kappa shape index (κ1) is 20.4. The third kappa shape index (κ3) is 3.69. The van der Waals surface area contributed by atoms with Crippen molar-refractivity contribution < 1.29 is 0 Å². The van der Waals surface area contributed by atoms with Crippen LogP contribution in [0.15, 0.2) is 41.3 Å². The van der Waals surface area contributed by atoms with E-state index in [4.69, 9.17) is 5.73 Å². The highest BCUT2D eigenvalue weighted by Crippen LogP contribution is 2.61. The van der Waals surface area contributed by atoms with Crippen LogP contribution >= 0.6 is 11.9 Å². The van der Waals surface area contributed by atoms with Crippen molar-refractivity contribution in [3.8, 4) is 0 Å². The van der Waals surface area contributed by atoms with Gasteiger partial charge in [-0.25, -0.2) is 0 Å². The van der Waals surface area contributed by atoms with Crippen molar-refractivity contribution in [3.05, 3.63) is 36.4 Å². The van der Waals surface area contributed by atoms with E-state index < -0.39 is 0 Å². The zero-order valence-corrected chi connectivity index (χ0v) is 19.7. The number of likely N-dealkylation sites (N-methyl/N-ethyl adjacent to an activating group) is 1. The molecule has 4 heteroatoms. The molecule has 0 saturated heterocycles. The SMILES string of the molecule is CN(CCCCN1Sc2cccc3cccc1c23)CC(N)C12CC3CC(CC(C3)C1)C2. The van der Waals surface area contributed by atoms with Gasteiger partial charge in [-0.05, 0) is 118 Å². The lowest BCUT2D eigenvalue weighted by atomic mass is 9.48. The molecule has 31 heavy (non-hydrogen) atoms. The van der Waals surface area contributed by atoms with Crippen LogP contribution in [0.3, 0.4) is 0 Å². The molecule has 1 atom stereocenters. The van der Waals surface area contributed by atoms with Crippen LogP contribution in [0.2, 0.25) is 0 Å². The molecule has 4 aliphatic carbocycles. The second-order valence-electron chi connectivity index (χ2n) is 11.2. The maximum Gasteiger partial charge on any atom is 0.0563 e.